The van der Waals surface area contributed by atoms with Gasteiger partial charge in [0.25, 0.3) is 34.9 Å². The van der Waals surface area contributed by atoms with E-state index in [-0.39, 0.29) is 16.8 Å². The fourth-order valence-electron chi connectivity index (χ4n) is 21.1. The van der Waals surface area contributed by atoms with Crippen molar-refractivity contribution in [1.82, 2.24) is 27.4 Å². The number of hydrogen-bond donors (Lipinski definition) is 0. The maximum atomic E-state index is 8.78. The van der Waals surface area contributed by atoms with Gasteiger partial charge in [0.1, 0.15) is 41.7 Å². The molecule has 0 saturated heterocycles. The van der Waals surface area contributed by atoms with Crippen molar-refractivity contribution in [3.63, 3.8) is 0 Å². The summed E-state index contributed by atoms with van der Waals surface area (Å²) in [5, 5.41) is 0. The van der Waals surface area contributed by atoms with Gasteiger partial charge in [0.05, 0.1) is 81.7 Å². The SMILES string of the molecule is Cc1ccccc1-c1n(-c2c(-c3ccccc3)cccc2-c2ccccc2)c2ccccc2[n+]1C.Cc1ccccc1-c1n(-c2ccccc2)c2ccccc2[n+]1C.Cc1ccccc1-c1n(-c2ccccc2C)c2ccccc2[n+]1C.Cc1ccccc1-c1n(C(C)C)c2ccccc2[n+]1C.Cc1ccccc1-c1n(C)c2ccccc2[n+]1C.[2H]C([2H])([2H])C([2H])(C)c1cccc(C([2H])(C)C([2H])([2H])[2H])c1-n1cc[n+]2c1-c1ccccc1C2. The number of hydrogen-bond acceptors (Lipinski definition) is 0. The van der Waals surface area contributed by atoms with Crippen LogP contribution in [-0.2, 0) is 48.8 Å². The second kappa shape index (κ2) is 42.0. The van der Waals surface area contributed by atoms with Gasteiger partial charge in [0, 0.05) is 38.8 Å². The van der Waals surface area contributed by atoms with E-state index in [1.807, 2.05) is 35.0 Å². The third kappa shape index (κ3) is 18.4. The molecule has 0 aliphatic carbocycles. The summed E-state index contributed by atoms with van der Waals surface area (Å²) >= 11 is 0. The van der Waals surface area contributed by atoms with Gasteiger partial charge in [0.15, 0.2) is 55.2 Å². The molecule has 0 radical (unpaired) electrons. The fraction of sp³-hybridized carbons (Fsp3) is 0.167. The van der Waals surface area contributed by atoms with Crippen LogP contribution in [0.5, 0.6) is 0 Å². The van der Waals surface area contributed by atoms with E-state index in [1.165, 1.54) is 205 Å². The summed E-state index contributed by atoms with van der Waals surface area (Å²) in [6.07, 6.45) is 3.60. The minimum Gasteiger partial charge on any atom is -0.226 e. The average Bonchev–Trinajstić information content (AvgIpc) is 1.50. The Labute approximate surface area is 859 Å². The molecule has 24 rings (SSSR count). The molecule has 712 valence electrons. The van der Waals surface area contributed by atoms with Gasteiger partial charge in [-0.3, -0.25) is 0 Å². The molecule has 17 aromatic carbocycles. The molecule has 1 aliphatic rings. The number of aryl methyl sites for hydroxylation is 12. The van der Waals surface area contributed by atoms with Crippen LogP contribution in [0, 0.1) is 41.5 Å². The number of para-hydroxylation sites is 14. The zero-order valence-electron chi connectivity index (χ0n) is 93.1. The maximum absolute atomic E-state index is 8.78. The summed E-state index contributed by atoms with van der Waals surface area (Å²) in [7, 11) is 12.9. The van der Waals surface area contributed by atoms with Crippen LogP contribution < -0.4 is 27.4 Å². The first-order chi connectivity index (χ1) is 73.2. The second-order valence-electron chi connectivity index (χ2n) is 37.7. The molecule has 12 heteroatoms. The lowest BCUT2D eigenvalue weighted by Gasteiger charge is -2.17. The Kier molecular flexibility index (Phi) is 25.2. The van der Waals surface area contributed by atoms with Gasteiger partial charge in [0.2, 0.25) is 0 Å². The minimum absolute atomic E-state index is 0.154. The zero-order valence-corrected chi connectivity index (χ0v) is 85.1. The Morgan fingerprint density at radius 2 is 0.590 bits per heavy atom. The van der Waals surface area contributed by atoms with Gasteiger partial charge in [-0.1, -0.05) is 331 Å². The van der Waals surface area contributed by atoms with Crippen LogP contribution in [-0.4, -0.2) is 27.4 Å². The largest absolute Gasteiger partial charge is 0.295 e. The molecule has 0 amide bonds. The molecule has 0 bridgehead atoms. The smallest absolute Gasteiger partial charge is 0.226 e. The van der Waals surface area contributed by atoms with E-state index < -0.39 is 25.5 Å². The normalized spacial score (nSPS) is 13.2. The first-order valence-corrected chi connectivity index (χ1v) is 49.6. The molecular formula is C132H130N12+6. The summed E-state index contributed by atoms with van der Waals surface area (Å²) < 4.78 is 92.6. The van der Waals surface area contributed by atoms with Crippen LogP contribution in [0.15, 0.2) is 431 Å². The van der Waals surface area contributed by atoms with Crippen molar-refractivity contribution in [3.05, 3.63) is 481 Å². The molecular weight excluding hydrogens is 1750 g/mol. The maximum Gasteiger partial charge on any atom is 0.295 e. The van der Waals surface area contributed by atoms with E-state index >= 15 is 0 Å². The third-order valence-corrected chi connectivity index (χ3v) is 28.2. The number of fused-ring (bicyclic) bond motifs is 8. The van der Waals surface area contributed by atoms with E-state index in [4.69, 9.17) is 11.0 Å². The minimum atomic E-state index is -2.67. The van der Waals surface area contributed by atoms with Crippen LogP contribution >= 0.6 is 0 Å². The first-order valence-electron chi connectivity index (χ1n) is 53.6. The van der Waals surface area contributed by atoms with Gasteiger partial charge in [-0.25, -0.2) is 36.5 Å². The highest BCUT2D eigenvalue weighted by Crippen LogP contribution is 2.43. The monoisotopic (exact) mass is 1890 g/mol. The van der Waals surface area contributed by atoms with Crippen molar-refractivity contribution >= 4 is 55.2 Å². The number of rotatable bonds is 14. The summed E-state index contributed by atoms with van der Waals surface area (Å²) in [5.74, 6) is 2.82. The molecule has 1 aliphatic heterocycles. The molecule has 0 fully saturated rings. The Morgan fingerprint density at radius 3 is 1.03 bits per heavy atom. The van der Waals surface area contributed by atoms with Gasteiger partial charge >= 0.3 is 0 Å². The van der Waals surface area contributed by atoms with Gasteiger partial charge in [-0.2, -0.15) is 18.3 Å². The van der Waals surface area contributed by atoms with Crippen LogP contribution in [0.1, 0.15) is 120 Å². The van der Waals surface area contributed by atoms with Crippen LogP contribution in [0.3, 0.4) is 0 Å². The Balaban J connectivity index is 0.000000116. The predicted octanol–water partition coefficient (Wildman–Crippen LogP) is 29.0. The summed E-state index contributed by atoms with van der Waals surface area (Å²) in [6, 6.07) is 146. The Hall–Kier alpha value is -16.7. The number of benzene rings is 17. The molecule has 2 unspecified atom stereocenters. The lowest BCUT2D eigenvalue weighted by atomic mass is 9.92. The van der Waals surface area contributed by atoms with Gasteiger partial charge in [-0.05, 0) is 227 Å². The van der Waals surface area contributed by atoms with Crippen molar-refractivity contribution in [2.45, 2.75) is 107 Å². The van der Waals surface area contributed by atoms with E-state index in [1.54, 1.807) is 22.9 Å². The highest BCUT2D eigenvalue weighted by atomic mass is 15.2. The highest BCUT2D eigenvalue weighted by Gasteiger charge is 2.37. The van der Waals surface area contributed by atoms with Crippen LogP contribution in [0.4, 0.5) is 0 Å². The van der Waals surface area contributed by atoms with E-state index in [9.17, 15) is 0 Å². The van der Waals surface area contributed by atoms with Gasteiger partial charge < -0.3 is 0 Å². The molecule has 12 nitrogen and oxygen atoms in total. The standard InChI is InChI=1S/C33H27N2.C22H25N2.C22H21N2.C21H19N2.C18H21N2.C16H17N2/c1-24-14-9-10-19-27(24)33-34(2)30-22-11-12-23-31(30)35(33)32-28(25-15-5-3-6-16-25)20-13-21-29(32)26-17-7-4-8-18-26;1-15(2)18-10-7-11-19(16(3)4)21(18)24-13-12-23-14-17-8-5-6-9-20(17)22(23)24;1-16-10-4-6-12-18(16)22-23(3)20-14-8-9-15-21(20)24(22)19-13-7-5-11-17(19)2;1-16-10-6-7-13-18(16)21-22(2)19-14-8-9-15-20(19)23(21)17-11-4-3-5-12-17;1-13(2)20-17-12-8-7-11-16(17)19(4)18(20)15-10-6-5-9-14(15)3;1-12-8-4-5-9-13(12)16-17(2)14-10-6-7-11-15(14)18(16)3/h3-23H,1-2H3;5-13,15-16H,14H2,1-4H3;4-15H,1-3H3;3-15H,1-2H3;5-13H,1-4H3;4-11H,1-3H3/q6*+1/i;1D3,3D3,15D,16D;;;;. The fourth-order valence-corrected chi connectivity index (χ4v) is 21.1. The van der Waals surface area contributed by atoms with Crippen molar-refractivity contribution in [1.29, 1.82) is 0 Å². The molecule has 144 heavy (non-hydrogen) atoms. The summed E-state index contributed by atoms with van der Waals surface area (Å²) in [4.78, 5) is 0. The topological polar surface area (TPSA) is 52.9 Å². The average molecular weight is 1890 g/mol. The zero-order chi connectivity index (χ0) is 107. The van der Waals surface area contributed by atoms with E-state index in [0.29, 0.717) is 12.6 Å². The van der Waals surface area contributed by atoms with Crippen LogP contribution in [0.2, 0.25) is 0 Å². The van der Waals surface area contributed by atoms with E-state index in [2.05, 4.69) is 519 Å². The lowest BCUT2D eigenvalue weighted by Crippen LogP contribution is -2.30. The van der Waals surface area contributed by atoms with Crippen molar-refractivity contribution in [3.8, 4) is 113 Å². The van der Waals surface area contributed by atoms with Crippen molar-refractivity contribution in [2.24, 2.45) is 42.3 Å². The number of imidazole rings is 6. The molecule has 23 aromatic rings. The molecule has 7 heterocycles. The highest BCUT2D eigenvalue weighted by molar-refractivity contribution is 5.92. The molecule has 2 atom stereocenters. The van der Waals surface area contributed by atoms with Crippen molar-refractivity contribution < 1.29 is 38.4 Å². The molecule has 0 spiro atoms. The molecule has 0 N–H and O–H groups in total. The predicted molar refractivity (Wildman–Crippen MR) is 596 cm³/mol. The Morgan fingerprint density at radius 1 is 0.271 bits per heavy atom. The summed E-state index contributed by atoms with van der Waals surface area (Å²) in [5.41, 5.74) is 37.5. The van der Waals surface area contributed by atoms with Gasteiger partial charge in [-0.15, -0.1) is 0 Å². The first kappa shape index (κ1) is 86.4. The quantitative estimate of drug-likeness (QED) is 0.0975. The van der Waals surface area contributed by atoms with Crippen molar-refractivity contribution in [2.75, 3.05) is 0 Å². The second-order valence-corrected chi connectivity index (χ2v) is 37.7. The number of aromatic nitrogens is 12. The van der Waals surface area contributed by atoms with E-state index in [0.717, 1.165) is 17.0 Å². The summed E-state index contributed by atoms with van der Waals surface area (Å²) in [6.45, 7) is 15.5. The van der Waals surface area contributed by atoms with Crippen LogP contribution in [0.25, 0.3) is 168 Å². The molecule has 0 saturated carbocycles. The number of nitrogens with zero attached hydrogens (tertiary/aromatic N) is 12. The third-order valence-electron chi connectivity index (χ3n) is 28.2. The molecule has 6 aromatic heterocycles. The lowest BCUT2D eigenvalue weighted by molar-refractivity contribution is -0.671. The Bertz CT molecular complexity index is 8860.